The zero-order chi connectivity index (χ0) is 17.3. The monoisotopic (exact) mass is 356 g/mol. The molecule has 0 radical (unpaired) electrons. The van der Waals surface area contributed by atoms with Gasteiger partial charge in [0, 0.05) is 19.2 Å². The molecule has 0 unspecified atom stereocenters. The third kappa shape index (κ3) is 3.66. The van der Waals surface area contributed by atoms with Crippen molar-refractivity contribution in [1.29, 1.82) is 0 Å². The Morgan fingerprint density at radius 2 is 2.17 bits per heavy atom. The fraction of sp³-hybridized carbons (Fsp3) is 0.571. The van der Waals surface area contributed by atoms with Crippen LogP contribution in [-0.4, -0.2) is 57.1 Å². The van der Waals surface area contributed by atoms with Crippen molar-refractivity contribution in [2.75, 3.05) is 38.2 Å². The zero-order valence-corrected chi connectivity index (χ0v) is 13.9. The smallest absolute Gasteiger partial charge is 0.293 e. The Hall–Kier alpha value is -1.75. The summed E-state index contributed by atoms with van der Waals surface area (Å²) in [6, 6.07) is 4.16. The molecule has 2 aliphatic rings. The van der Waals surface area contributed by atoms with E-state index in [2.05, 4.69) is 10.2 Å². The van der Waals surface area contributed by atoms with Gasteiger partial charge in [0.15, 0.2) is 0 Å². The molecular formula is C14H20N4O5S. The van der Waals surface area contributed by atoms with Crippen molar-refractivity contribution in [3.8, 4) is 0 Å². The number of nitrogens with one attached hydrogen (secondary N) is 1. The Kier molecular flexibility index (Phi) is 4.72. The highest BCUT2D eigenvalue weighted by Gasteiger charge is 2.32. The van der Waals surface area contributed by atoms with E-state index in [1.165, 1.54) is 12.1 Å². The lowest BCUT2D eigenvalue weighted by atomic mass is 10.1. The van der Waals surface area contributed by atoms with E-state index in [1.54, 1.807) is 0 Å². The lowest BCUT2D eigenvalue weighted by molar-refractivity contribution is -0.384. The van der Waals surface area contributed by atoms with Crippen LogP contribution in [0.5, 0.6) is 0 Å². The van der Waals surface area contributed by atoms with E-state index < -0.39 is 14.9 Å². The molecule has 0 amide bonds. The number of hydrogen-bond acceptors (Lipinski definition) is 7. The predicted molar refractivity (Wildman–Crippen MR) is 87.2 cm³/mol. The summed E-state index contributed by atoms with van der Waals surface area (Å²) < 4.78 is 27.9. The van der Waals surface area contributed by atoms with Gasteiger partial charge < -0.3 is 10.1 Å². The molecule has 9 nitrogen and oxygen atoms in total. The van der Waals surface area contributed by atoms with E-state index in [0.717, 1.165) is 38.8 Å². The van der Waals surface area contributed by atoms with Gasteiger partial charge in [-0.05, 0) is 31.0 Å². The molecule has 0 spiro atoms. The first-order valence-corrected chi connectivity index (χ1v) is 9.26. The molecule has 10 heteroatoms. The fourth-order valence-corrected chi connectivity index (χ4v) is 3.57. The number of sulfonamides is 1. The second-order valence-corrected chi connectivity index (χ2v) is 7.76. The number of nitrogens with zero attached hydrogens (tertiary/aromatic N) is 2. The van der Waals surface area contributed by atoms with Gasteiger partial charge in [-0.2, -0.15) is 0 Å². The van der Waals surface area contributed by atoms with Crippen LogP contribution in [0.15, 0.2) is 23.1 Å². The average molecular weight is 356 g/mol. The van der Waals surface area contributed by atoms with E-state index >= 15 is 0 Å². The van der Waals surface area contributed by atoms with Gasteiger partial charge in [-0.25, -0.2) is 13.6 Å². The van der Waals surface area contributed by atoms with Crippen LogP contribution in [0.4, 0.5) is 11.4 Å². The summed E-state index contributed by atoms with van der Waals surface area (Å²) in [7, 11) is -3.97. The Morgan fingerprint density at radius 1 is 1.42 bits per heavy atom. The van der Waals surface area contributed by atoms with Crippen LogP contribution in [0.25, 0.3) is 0 Å². The van der Waals surface area contributed by atoms with Gasteiger partial charge in [0.05, 0.1) is 29.1 Å². The molecule has 0 bridgehead atoms. The molecule has 1 atom stereocenters. The third-order valence-electron chi connectivity index (χ3n) is 4.53. The Labute approximate surface area is 140 Å². The van der Waals surface area contributed by atoms with E-state index in [9.17, 15) is 18.5 Å². The minimum Gasteiger partial charge on any atom is -0.379 e. The molecule has 3 N–H and O–H groups in total. The van der Waals surface area contributed by atoms with Crippen molar-refractivity contribution >= 4 is 21.4 Å². The number of nitrogens with two attached hydrogens (primary N) is 1. The molecule has 0 aliphatic carbocycles. The van der Waals surface area contributed by atoms with Crippen LogP contribution < -0.4 is 10.5 Å². The van der Waals surface area contributed by atoms with E-state index in [-0.39, 0.29) is 10.6 Å². The molecular weight excluding hydrogens is 336 g/mol. The summed E-state index contributed by atoms with van der Waals surface area (Å²) in [5, 5.41) is 19.3. The van der Waals surface area contributed by atoms with Crippen molar-refractivity contribution < 1.29 is 18.1 Å². The Balaban J connectivity index is 1.65. The molecule has 3 rings (SSSR count). The van der Waals surface area contributed by atoms with Crippen molar-refractivity contribution in [1.82, 2.24) is 4.90 Å². The molecule has 1 aromatic carbocycles. The van der Waals surface area contributed by atoms with Gasteiger partial charge in [0.1, 0.15) is 5.69 Å². The van der Waals surface area contributed by atoms with Crippen LogP contribution in [0, 0.1) is 16.0 Å². The summed E-state index contributed by atoms with van der Waals surface area (Å²) in [4.78, 5) is 12.7. The maximum Gasteiger partial charge on any atom is 0.293 e. The zero-order valence-electron chi connectivity index (χ0n) is 13.1. The maximum atomic E-state index is 11.3. The molecule has 24 heavy (non-hydrogen) atoms. The van der Waals surface area contributed by atoms with Gasteiger partial charge in [-0.1, -0.05) is 0 Å². The lowest BCUT2D eigenvalue weighted by Gasteiger charge is -2.34. The summed E-state index contributed by atoms with van der Waals surface area (Å²) in [5.74, 6) is 0.392. The molecule has 2 aliphatic heterocycles. The van der Waals surface area contributed by atoms with E-state index in [1.807, 2.05) is 0 Å². The number of anilines is 1. The molecule has 132 valence electrons. The quantitative estimate of drug-likeness (QED) is 0.557. The molecule has 2 fully saturated rings. The van der Waals surface area contributed by atoms with Crippen LogP contribution in [0.1, 0.15) is 6.42 Å². The van der Waals surface area contributed by atoms with E-state index in [0.29, 0.717) is 24.2 Å². The SMILES string of the molecule is NS(=O)(=O)c1ccc(NC[C@@H]2CCN(C3COC3)C2)c([N+](=O)[O-])c1. The normalized spacial score (nSPS) is 22.3. The first-order chi connectivity index (χ1) is 11.3. The minimum atomic E-state index is -3.97. The van der Waals surface area contributed by atoms with Crippen LogP contribution in [-0.2, 0) is 14.8 Å². The van der Waals surface area contributed by atoms with Gasteiger partial charge in [-0.3, -0.25) is 15.0 Å². The number of likely N-dealkylation sites (tertiary alicyclic amines) is 1. The van der Waals surface area contributed by atoms with Crippen molar-refractivity contribution in [2.45, 2.75) is 17.4 Å². The largest absolute Gasteiger partial charge is 0.379 e. The van der Waals surface area contributed by atoms with Crippen LogP contribution >= 0.6 is 0 Å². The minimum absolute atomic E-state index is 0.267. The molecule has 2 heterocycles. The average Bonchev–Trinajstić information content (AvgIpc) is 2.90. The highest BCUT2D eigenvalue weighted by Crippen LogP contribution is 2.28. The van der Waals surface area contributed by atoms with Crippen molar-refractivity contribution in [3.63, 3.8) is 0 Å². The van der Waals surface area contributed by atoms with Gasteiger partial charge in [0.25, 0.3) is 5.69 Å². The Morgan fingerprint density at radius 3 is 2.75 bits per heavy atom. The number of hydrogen-bond donors (Lipinski definition) is 2. The second kappa shape index (κ2) is 6.63. The lowest BCUT2D eigenvalue weighted by Crippen LogP contribution is -2.48. The second-order valence-electron chi connectivity index (χ2n) is 6.20. The molecule has 1 aromatic rings. The number of primary sulfonamides is 1. The topological polar surface area (TPSA) is 128 Å². The maximum absolute atomic E-state index is 11.3. The summed E-state index contributed by atoms with van der Waals surface area (Å²) >= 11 is 0. The first-order valence-electron chi connectivity index (χ1n) is 7.71. The van der Waals surface area contributed by atoms with E-state index in [4.69, 9.17) is 9.88 Å². The highest BCUT2D eigenvalue weighted by atomic mass is 32.2. The molecule has 2 saturated heterocycles. The highest BCUT2D eigenvalue weighted by molar-refractivity contribution is 7.89. The number of nitro benzene ring substituents is 1. The van der Waals surface area contributed by atoms with Gasteiger partial charge in [0.2, 0.25) is 10.0 Å². The summed E-state index contributed by atoms with van der Waals surface area (Å²) in [5.41, 5.74) is 0.0154. The van der Waals surface area contributed by atoms with Crippen LogP contribution in [0.2, 0.25) is 0 Å². The number of rotatable bonds is 6. The predicted octanol–water partition coefficient (Wildman–Crippen LogP) is 0.375. The molecule has 0 saturated carbocycles. The summed E-state index contributed by atoms with van der Waals surface area (Å²) in [6.45, 7) is 4.10. The third-order valence-corrected chi connectivity index (χ3v) is 5.44. The first kappa shape index (κ1) is 17.1. The summed E-state index contributed by atoms with van der Waals surface area (Å²) in [6.07, 6.45) is 1.02. The molecule has 0 aromatic heterocycles. The van der Waals surface area contributed by atoms with Crippen LogP contribution in [0.3, 0.4) is 0 Å². The Bertz CT molecular complexity index is 735. The number of benzene rings is 1. The van der Waals surface area contributed by atoms with Crippen molar-refractivity contribution in [3.05, 3.63) is 28.3 Å². The van der Waals surface area contributed by atoms with Gasteiger partial charge in [-0.15, -0.1) is 0 Å². The van der Waals surface area contributed by atoms with Gasteiger partial charge >= 0.3 is 0 Å². The number of ether oxygens (including phenoxy) is 1. The van der Waals surface area contributed by atoms with Crippen molar-refractivity contribution in [2.24, 2.45) is 11.1 Å². The fourth-order valence-electron chi connectivity index (χ4n) is 3.04. The standard InChI is InChI=1S/C14H20N4O5S/c15-24(21,22)12-1-2-13(14(5-12)18(19)20)16-6-10-3-4-17(7-10)11-8-23-9-11/h1-2,5,10-11,16H,3-4,6-9H2,(H2,15,21,22)/t10-/m0/s1. The number of nitro groups is 1.